The van der Waals surface area contributed by atoms with Gasteiger partial charge < -0.3 is 9.88 Å². The molecular weight excluding hydrogens is 220 g/mol. The number of rotatable bonds is 5. The molecule has 0 aliphatic rings. The molecule has 2 aromatic heterocycles. The first kappa shape index (κ1) is 10.9. The summed E-state index contributed by atoms with van der Waals surface area (Å²) < 4.78 is 2.07. The second kappa shape index (κ2) is 4.94. The molecule has 16 heavy (non-hydrogen) atoms. The fourth-order valence-electron chi connectivity index (χ4n) is 1.45. The lowest BCUT2D eigenvalue weighted by Crippen LogP contribution is -2.07. The van der Waals surface area contributed by atoms with E-state index in [0.717, 1.165) is 23.2 Å². The third-order valence-corrected chi connectivity index (χ3v) is 2.85. The van der Waals surface area contributed by atoms with Gasteiger partial charge in [-0.1, -0.05) is 6.08 Å². The molecule has 0 bridgehead atoms. The molecule has 0 saturated carbocycles. The lowest BCUT2D eigenvalue weighted by Gasteiger charge is -2.06. The summed E-state index contributed by atoms with van der Waals surface area (Å²) in [5.41, 5.74) is 1.00. The molecule has 0 aromatic carbocycles. The number of hydrogen-bond donors (Lipinski definition) is 1. The Labute approximate surface area is 98.7 Å². The zero-order valence-electron chi connectivity index (χ0n) is 9.18. The minimum atomic E-state index is 0.717. The monoisotopic (exact) mass is 234 g/mol. The van der Waals surface area contributed by atoms with Crippen LogP contribution in [0.2, 0.25) is 0 Å². The molecule has 4 nitrogen and oxygen atoms in total. The molecule has 0 radical (unpaired) electrons. The smallest absolute Gasteiger partial charge is 0.203 e. The van der Waals surface area contributed by atoms with Crippen LogP contribution >= 0.6 is 11.3 Å². The van der Waals surface area contributed by atoms with Crippen LogP contribution in [-0.2, 0) is 6.54 Å². The molecule has 0 fully saturated rings. The van der Waals surface area contributed by atoms with Gasteiger partial charge in [-0.2, -0.15) is 0 Å². The van der Waals surface area contributed by atoms with E-state index in [2.05, 4.69) is 26.4 Å². The predicted molar refractivity (Wildman–Crippen MR) is 66.9 cm³/mol. The number of nitrogens with one attached hydrogen (secondary N) is 1. The van der Waals surface area contributed by atoms with Gasteiger partial charge in [0.15, 0.2) is 0 Å². The van der Waals surface area contributed by atoms with Crippen LogP contribution in [0.5, 0.6) is 0 Å². The number of thiazole rings is 1. The van der Waals surface area contributed by atoms with Crippen LogP contribution in [-0.4, -0.2) is 21.1 Å². The fraction of sp³-hybridized carbons (Fsp3) is 0.273. The van der Waals surface area contributed by atoms with Gasteiger partial charge in [0.25, 0.3) is 0 Å². The molecule has 2 rings (SSSR count). The highest BCUT2D eigenvalue weighted by Gasteiger charge is 2.06. The van der Waals surface area contributed by atoms with Gasteiger partial charge in [-0.15, -0.1) is 17.9 Å². The summed E-state index contributed by atoms with van der Waals surface area (Å²) in [6, 6.07) is 0. The Kier molecular flexibility index (Phi) is 3.36. The Balaban J connectivity index is 2.15. The van der Waals surface area contributed by atoms with E-state index >= 15 is 0 Å². The van der Waals surface area contributed by atoms with Crippen molar-refractivity contribution in [1.29, 1.82) is 0 Å². The minimum Gasteiger partial charge on any atom is -0.352 e. The first-order chi connectivity index (χ1) is 7.79. The van der Waals surface area contributed by atoms with Crippen molar-refractivity contribution < 1.29 is 0 Å². The first-order valence-corrected chi connectivity index (χ1v) is 5.94. The van der Waals surface area contributed by atoms with Crippen molar-refractivity contribution in [2.24, 2.45) is 0 Å². The normalized spacial score (nSPS) is 10.3. The van der Waals surface area contributed by atoms with Gasteiger partial charge in [0.05, 0.1) is 12.2 Å². The van der Waals surface area contributed by atoms with Crippen LogP contribution < -0.4 is 5.32 Å². The zero-order valence-corrected chi connectivity index (χ0v) is 10.00. The highest BCUT2D eigenvalue weighted by Crippen LogP contribution is 2.13. The molecular formula is C11H14N4S. The first-order valence-electron chi connectivity index (χ1n) is 5.06. The van der Waals surface area contributed by atoms with Gasteiger partial charge in [-0.3, -0.25) is 0 Å². The van der Waals surface area contributed by atoms with Crippen molar-refractivity contribution in [3.05, 3.63) is 41.1 Å². The van der Waals surface area contributed by atoms with Gasteiger partial charge >= 0.3 is 0 Å². The molecule has 2 heterocycles. The average Bonchev–Trinajstić information content (AvgIpc) is 2.86. The number of hydrogen-bond acceptors (Lipinski definition) is 4. The van der Waals surface area contributed by atoms with Crippen molar-refractivity contribution in [2.45, 2.75) is 13.5 Å². The molecule has 0 aliphatic heterocycles. The van der Waals surface area contributed by atoms with Crippen LogP contribution in [0.15, 0.2) is 30.4 Å². The Morgan fingerprint density at radius 2 is 2.50 bits per heavy atom. The highest BCUT2D eigenvalue weighted by molar-refractivity contribution is 7.09. The van der Waals surface area contributed by atoms with E-state index in [1.807, 2.05) is 30.8 Å². The summed E-state index contributed by atoms with van der Waals surface area (Å²) in [6.45, 7) is 7.14. The molecule has 84 valence electrons. The largest absolute Gasteiger partial charge is 0.352 e. The molecule has 0 unspecified atom stereocenters. The number of aryl methyl sites for hydroxylation is 1. The Bertz CT molecular complexity index is 458. The Morgan fingerprint density at radius 3 is 3.19 bits per heavy atom. The second-order valence-corrected chi connectivity index (χ2v) is 4.41. The van der Waals surface area contributed by atoms with E-state index in [0.29, 0.717) is 6.54 Å². The SMILES string of the molecule is C=CCNc1nc(C)cn1Cc1nccs1. The number of nitrogens with zero attached hydrogens (tertiary/aromatic N) is 3. The maximum atomic E-state index is 4.41. The van der Waals surface area contributed by atoms with Crippen molar-refractivity contribution in [1.82, 2.24) is 14.5 Å². The van der Waals surface area contributed by atoms with Crippen LogP contribution in [0, 0.1) is 6.92 Å². The van der Waals surface area contributed by atoms with Crippen LogP contribution in [0.3, 0.4) is 0 Å². The standard InChI is InChI=1S/C11H14N4S/c1-3-4-13-11-14-9(2)7-15(11)8-10-12-5-6-16-10/h3,5-7H,1,4,8H2,2H3,(H,13,14). The number of aromatic nitrogens is 3. The molecule has 0 atom stereocenters. The lowest BCUT2D eigenvalue weighted by atomic mass is 10.5. The summed E-state index contributed by atoms with van der Waals surface area (Å²) in [5.74, 6) is 0.868. The van der Waals surface area contributed by atoms with Gasteiger partial charge in [0.1, 0.15) is 5.01 Å². The Morgan fingerprint density at radius 1 is 1.62 bits per heavy atom. The predicted octanol–water partition coefficient (Wildman–Crippen LogP) is 2.29. The summed E-state index contributed by atoms with van der Waals surface area (Å²) in [5, 5.41) is 6.27. The van der Waals surface area contributed by atoms with Crippen LogP contribution in [0.25, 0.3) is 0 Å². The minimum absolute atomic E-state index is 0.717. The fourth-order valence-corrected chi connectivity index (χ4v) is 2.06. The maximum absolute atomic E-state index is 4.41. The average molecular weight is 234 g/mol. The topological polar surface area (TPSA) is 42.7 Å². The van der Waals surface area contributed by atoms with Crippen molar-refractivity contribution in [3.63, 3.8) is 0 Å². The number of imidazole rings is 1. The summed E-state index contributed by atoms with van der Waals surface area (Å²) in [6.07, 6.45) is 5.66. The number of anilines is 1. The third-order valence-electron chi connectivity index (χ3n) is 2.09. The molecule has 0 saturated heterocycles. The maximum Gasteiger partial charge on any atom is 0.203 e. The molecule has 2 aromatic rings. The molecule has 0 amide bonds. The molecule has 1 N–H and O–H groups in total. The molecule has 0 aliphatic carbocycles. The van der Waals surface area contributed by atoms with Crippen molar-refractivity contribution in [3.8, 4) is 0 Å². The third kappa shape index (κ3) is 2.49. The Hall–Kier alpha value is -1.62. The molecule has 5 heteroatoms. The van der Waals surface area contributed by atoms with Gasteiger partial charge in [0, 0.05) is 24.3 Å². The molecule has 0 spiro atoms. The van der Waals surface area contributed by atoms with Gasteiger partial charge in [-0.25, -0.2) is 9.97 Å². The van der Waals surface area contributed by atoms with E-state index in [-0.39, 0.29) is 0 Å². The van der Waals surface area contributed by atoms with Crippen molar-refractivity contribution >= 4 is 17.3 Å². The highest BCUT2D eigenvalue weighted by atomic mass is 32.1. The quantitative estimate of drug-likeness (QED) is 0.807. The van der Waals surface area contributed by atoms with E-state index in [9.17, 15) is 0 Å². The van der Waals surface area contributed by atoms with Crippen LogP contribution in [0.1, 0.15) is 10.7 Å². The van der Waals surface area contributed by atoms with E-state index in [4.69, 9.17) is 0 Å². The summed E-state index contributed by atoms with van der Waals surface area (Å²) in [7, 11) is 0. The van der Waals surface area contributed by atoms with Gasteiger partial charge in [0.2, 0.25) is 5.95 Å². The summed E-state index contributed by atoms with van der Waals surface area (Å²) >= 11 is 1.65. The van der Waals surface area contributed by atoms with Crippen molar-refractivity contribution in [2.75, 3.05) is 11.9 Å². The van der Waals surface area contributed by atoms with E-state index < -0.39 is 0 Å². The summed E-state index contributed by atoms with van der Waals surface area (Å²) in [4.78, 5) is 8.67. The zero-order chi connectivity index (χ0) is 11.4. The lowest BCUT2D eigenvalue weighted by molar-refractivity contribution is 0.795. The van der Waals surface area contributed by atoms with Crippen LogP contribution in [0.4, 0.5) is 5.95 Å². The van der Waals surface area contributed by atoms with E-state index in [1.54, 1.807) is 11.3 Å². The van der Waals surface area contributed by atoms with E-state index in [1.165, 1.54) is 0 Å². The van der Waals surface area contributed by atoms with Gasteiger partial charge in [-0.05, 0) is 6.92 Å². The second-order valence-electron chi connectivity index (χ2n) is 3.43.